The zero-order valence-electron chi connectivity index (χ0n) is 9.91. The molecule has 1 amide bonds. The first kappa shape index (κ1) is 12.2. The van der Waals surface area contributed by atoms with Crippen molar-refractivity contribution in [1.82, 2.24) is 25.6 Å². The topological polar surface area (TPSA) is 112 Å². The van der Waals surface area contributed by atoms with Crippen molar-refractivity contribution in [3.8, 4) is 11.6 Å². The summed E-state index contributed by atoms with van der Waals surface area (Å²) in [5, 5.41) is 12.0. The van der Waals surface area contributed by atoms with Gasteiger partial charge in [0.1, 0.15) is 0 Å². The van der Waals surface area contributed by atoms with Gasteiger partial charge in [-0.25, -0.2) is 5.84 Å². The number of nitrogens with two attached hydrogens (primary N) is 1. The molecule has 3 N–H and O–H groups in total. The number of amides is 1. The maximum Gasteiger partial charge on any atom is 0.240 e. The van der Waals surface area contributed by atoms with E-state index in [-0.39, 0.29) is 11.9 Å². The van der Waals surface area contributed by atoms with Gasteiger partial charge in [-0.05, 0) is 30.7 Å². The second kappa shape index (κ2) is 5.41. The molecule has 2 aromatic rings. The Morgan fingerprint density at radius 1 is 1.67 bits per heavy atom. The van der Waals surface area contributed by atoms with Crippen molar-refractivity contribution in [2.75, 3.05) is 0 Å². The lowest BCUT2D eigenvalue weighted by atomic mass is 10.2. The molecule has 0 saturated carbocycles. The molecule has 0 aromatic carbocycles. The fraction of sp³-hybridized carbons (Fsp3) is 0.400. The molecular formula is C10H14N6O2. The number of rotatable bonds is 5. The predicted octanol–water partition coefficient (Wildman–Crippen LogP) is 0.264. The monoisotopic (exact) mass is 250 g/mol. The summed E-state index contributed by atoms with van der Waals surface area (Å²) in [6, 6.07) is 3.47. The van der Waals surface area contributed by atoms with E-state index in [1.807, 2.05) is 6.92 Å². The Morgan fingerprint density at radius 2 is 2.50 bits per heavy atom. The van der Waals surface area contributed by atoms with Gasteiger partial charge in [0, 0.05) is 6.42 Å². The molecule has 2 aromatic heterocycles. The van der Waals surface area contributed by atoms with Crippen molar-refractivity contribution in [3.05, 3.63) is 18.4 Å². The highest BCUT2D eigenvalue weighted by atomic mass is 16.3. The third kappa shape index (κ3) is 2.72. The molecule has 1 atom stereocenters. The van der Waals surface area contributed by atoms with E-state index in [9.17, 15) is 4.79 Å². The van der Waals surface area contributed by atoms with Crippen LogP contribution in [0.15, 0.2) is 22.8 Å². The SMILES string of the molecule is CC(CCC(=O)NN)n1nnc(-c2ccco2)n1. The smallest absolute Gasteiger partial charge is 0.240 e. The summed E-state index contributed by atoms with van der Waals surface area (Å²) in [6.07, 6.45) is 2.44. The molecule has 0 aliphatic heterocycles. The Kier molecular flexibility index (Phi) is 3.68. The van der Waals surface area contributed by atoms with Gasteiger partial charge < -0.3 is 4.42 Å². The van der Waals surface area contributed by atoms with Crippen molar-refractivity contribution in [1.29, 1.82) is 0 Å². The number of tetrazole rings is 1. The lowest BCUT2D eigenvalue weighted by Gasteiger charge is -2.08. The Balaban J connectivity index is 1.99. The summed E-state index contributed by atoms with van der Waals surface area (Å²) in [6.45, 7) is 1.90. The summed E-state index contributed by atoms with van der Waals surface area (Å²) < 4.78 is 5.17. The summed E-state index contributed by atoms with van der Waals surface area (Å²) in [5.41, 5.74) is 2.08. The highest BCUT2D eigenvalue weighted by molar-refractivity contribution is 5.75. The van der Waals surface area contributed by atoms with Crippen LogP contribution in [0.3, 0.4) is 0 Å². The van der Waals surface area contributed by atoms with Gasteiger partial charge in [0.2, 0.25) is 11.7 Å². The number of hydrazine groups is 1. The Hall–Kier alpha value is -2.22. The van der Waals surface area contributed by atoms with Crippen molar-refractivity contribution in [2.45, 2.75) is 25.8 Å². The van der Waals surface area contributed by atoms with Crippen LogP contribution in [-0.2, 0) is 4.79 Å². The largest absolute Gasteiger partial charge is 0.461 e. The van der Waals surface area contributed by atoms with Crippen LogP contribution >= 0.6 is 0 Å². The number of carbonyl (C=O) groups excluding carboxylic acids is 1. The first-order valence-corrected chi connectivity index (χ1v) is 5.53. The highest BCUT2D eigenvalue weighted by Gasteiger charge is 2.13. The molecular weight excluding hydrogens is 236 g/mol. The van der Waals surface area contributed by atoms with Crippen molar-refractivity contribution >= 4 is 5.91 Å². The number of furan rings is 1. The zero-order chi connectivity index (χ0) is 13.0. The van der Waals surface area contributed by atoms with Crippen molar-refractivity contribution in [2.24, 2.45) is 5.84 Å². The van der Waals surface area contributed by atoms with E-state index in [1.54, 1.807) is 18.4 Å². The van der Waals surface area contributed by atoms with E-state index < -0.39 is 0 Å². The molecule has 0 fully saturated rings. The summed E-state index contributed by atoms with van der Waals surface area (Å²) in [4.78, 5) is 12.5. The van der Waals surface area contributed by atoms with Gasteiger partial charge in [-0.15, -0.1) is 10.2 Å². The number of hydrogen-bond acceptors (Lipinski definition) is 6. The Bertz CT molecular complexity index is 506. The molecule has 0 bridgehead atoms. The van der Waals surface area contributed by atoms with Gasteiger partial charge in [-0.1, -0.05) is 0 Å². The average molecular weight is 250 g/mol. The first-order valence-electron chi connectivity index (χ1n) is 5.53. The predicted molar refractivity (Wildman–Crippen MR) is 61.8 cm³/mol. The fourth-order valence-corrected chi connectivity index (χ4v) is 1.44. The molecule has 1 unspecified atom stereocenters. The van der Waals surface area contributed by atoms with E-state index in [2.05, 4.69) is 20.8 Å². The lowest BCUT2D eigenvalue weighted by molar-refractivity contribution is -0.121. The Morgan fingerprint density at radius 3 is 3.17 bits per heavy atom. The second-order valence-corrected chi connectivity index (χ2v) is 3.87. The van der Waals surface area contributed by atoms with Crippen molar-refractivity contribution < 1.29 is 9.21 Å². The molecule has 0 aliphatic rings. The quantitative estimate of drug-likeness (QED) is 0.447. The maximum atomic E-state index is 11.0. The van der Waals surface area contributed by atoms with Gasteiger partial charge in [0.25, 0.3) is 0 Å². The second-order valence-electron chi connectivity index (χ2n) is 3.87. The van der Waals surface area contributed by atoms with Crippen LogP contribution in [0.25, 0.3) is 11.6 Å². The van der Waals surface area contributed by atoms with Crippen LogP contribution < -0.4 is 11.3 Å². The van der Waals surface area contributed by atoms with Gasteiger partial charge >= 0.3 is 0 Å². The van der Waals surface area contributed by atoms with Crippen molar-refractivity contribution in [3.63, 3.8) is 0 Å². The third-order valence-electron chi connectivity index (χ3n) is 2.51. The minimum Gasteiger partial charge on any atom is -0.461 e. The number of carbonyl (C=O) groups is 1. The maximum absolute atomic E-state index is 11.0. The van der Waals surface area contributed by atoms with Crippen LogP contribution in [-0.4, -0.2) is 26.1 Å². The fourth-order valence-electron chi connectivity index (χ4n) is 1.44. The van der Waals surface area contributed by atoms with E-state index in [1.165, 1.54) is 4.80 Å². The molecule has 0 spiro atoms. The lowest BCUT2D eigenvalue weighted by Crippen LogP contribution is -2.30. The van der Waals surface area contributed by atoms with Crippen LogP contribution in [0.5, 0.6) is 0 Å². The molecule has 0 aliphatic carbocycles. The normalized spacial score (nSPS) is 12.3. The van der Waals surface area contributed by atoms with Gasteiger partial charge in [0.15, 0.2) is 5.76 Å². The summed E-state index contributed by atoms with van der Waals surface area (Å²) >= 11 is 0. The van der Waals surface area contributed by atoms with E-state index >= 15 is 0 Å². The molecule has 2 rings (SSSR count). The molecule has 8 heteroatoms. The first-order chi connectivity index (χ1) is 8.70. The number of hydrogen-bond donors (Lipinski definition) is 2. The zero-order valence-corrected chi connectivity index (χ0v) is 9.91. The minimum absolute atomic E-state index is 0.0430. The van der Waals surface area contributed by atoms with Crippen LogP contribution in [0.2, 0.25) is 0 Å². The van der Waals surface area contributed by atoms with E-state index in [0.717, 1.165) is 0 Å². The minimum atomic E-state index is -0.215. The number of nitrogens with one attached hydrogen (secondary N) is 1. The Labute approximate surface area is 103 Å². The third-order valence-corrected chi connectivity index (χ3v) is 2.51. The van der Waals surface area contributed by atoms with Gasteiger partial charge in [0.05, 0.1) is 12.3 Å². The number of nitrogens with zero attached hydrogens (tertiary/aromatic N) is 4. The highest BCUT2D eigenvalue weighted by Crippen LogP contribution is 2.16. The van der Waals surface area contributed by atoms with E-state index in [0.29, 0.717) is 24.4 Å². The van der Waals surface area contributed by atoms with Crippen LogP contribution in [0.1, 0.15) is 25.8 Å². The molecule has 18 heavy (non-hydrogen) atoms. The number of aromatic nitrogens is 4. The van der Waals surface area contributed by atoms with Crippen LogP contribution in [0, 0.1) is 0 Å². The molecule has 8 nitrogen and oxygen atoms in total. The summed E-state index contributed by atoms with van der Waals surface area (Å²) in [5.74, 6) is 5.78. The molecule has 0 saturated heterocycles. The average Bonchev–Trinajstić information content (AvgIpc) is 3.04. The summed E-state index contributed by atoms with van der Waals surface area (Å²) in [7, 11) is 0. The van der Waals surface area contributed by atoms with Gasteiger partial charge in [-0.3, -0.25) is 10.2 Å². The van der Waals surface area contributed by atoms with Gasteiger partial charge in [-0.2, -0.15) is 4.80 Å². The molecule has 0 radical (unpaired) electrons. The standard InChI is InChI=1S/C10H14N6O2/c1-7(4-5-9(17)12-11)16-14-10(13-15-16)8-3-2-6-18-8/h2-3,6-7H,4-5,11H2,1H3,(H,12,17). The van der Waals surface area contributed by atoms with Crippen LogP contribution in [0.4, 0.5) is 0 Å². The van der Waals surface area contributed by atoms with E-state index in [4.69, 9.17) is 10.3 Å². The molecule has 96 valence electrons. The molecule has 2 heterocycles.